The van der Waals surface area contributed by atoms with E-state index < -0.39 is 27.8 Å². The Morgan fingerprint density at radius 1 is 1.26 bits per heavy atom. The molecule has 0 radical (unpaired) electrons. The van der Waals surface area contributed by atoms with Gasteiger partial charge in [-0.1, -0.05) is 18.8 Å². The predicted octanol–water partition coefficient (Wildman–Crippen LogP) is 2.21. The van der Waals surface area contributed by atoms with Crippen LogP contribution in [0.5, 0.6) is 5.75 Å². The van der Waals surface area contributed by atoms with Crippen molar-refractivity contribution < 1.29 is 28.2 Å². The number of carbonyl (C=O) groups is 1. The van der Waals surface area contributed by atoms with Crippen LogP contribution in [0.1, 0.15) is 50.7 Å². The Kier molecular flexibility index (Phi) is 8.96. The van der Waals surface area contributed by atoms with Crippen LogP contribution < -0.4 is 4.74 Å². The van der Waals surface area contributed by atoms with Crippen LogP contribution >= 0.6 is 0 Å². The summed E-state index contributed by atoms with van der Waals surface area (Å²) in [6, 6.07) is 7.60. The third-order valence-electron chi connectivity index (χ3n) is 7.52. The zero-order valence-corrected chi connectivity index (χ0v) is 23.5. The van der Waals surface area contributed by atoms with E-state index in [4.69, 9.17) is 4.74 Å². The first-order valence-corrected chi connectivity index (χ1v) is 14.8. The van der Waals surface area contributed by atoms with E-state index in [9.17, 15) is 23.4 Å². The summed E-state index contributed by atoms with van der Waals surface area (Å²) in [6.07, 6.45) is 6.03. The molecule has 10 heteroatoms. The topological polar surface area (TPSA) is 120 Å². The molecule has 1 aliphatic heterocycles. The van der Waals surface area contributed by atoms with Gasteiger partial charge in [-0.15, -0.1) is 0 Å². The van der Waals surface area contributed by atoms with Gasteiger partial charge >= 0.3 is 0 Å². The molecule has 210 valence electrons. The highest BCUT2D eigenvalue weighted by molar-refractivity contribution is 7.89. The Hall–Kier alpha value is -2.97. The lowest BCUT2D eigenvalue weighted by Gasteiger charge is -2.37. The maximum atomic E-state index is 13.7. The van der Waals surface area contributed by atoms with E-state index in [0.717, 1.165) is 18.4 Å². The third-order valence-corrected chi connectivity index (χ3v) is 9.54. The summed E-state index contributed by atoms with van der Waals surface area (Å²) < 4.78 is 35.0. The van der Waals surface area contributed by atoms with Crippen LogP contribution in [-0.2, 0) is 21.2 Å². The van der Waals surface area contributed by atoms with Crippen molar-refractivity contribution in [3.63, 3.8) is 0 Å². The summed E-state index contributed by atoms with van der Waals surface area (Å²) in [7, 11) is -2.29. The van der Waals surface area contributed by atoms with Crippen LogP contribution in [0.15, 0.2) is 47.6 Å². The second-order valence-electron chi connectivity index (χ2n) is 10.7. The summed E-state index contributed by atoms with van der Waals surface area (Å²) >= 11 is 0. The van der Waals surface area contributed by atoms with Crippen LogP contribution in [0.4, 0.5) is 0 Å². The molecule has 4 rings (SSSR count). The zero-order valence-electron chi connectivity index (χ0n) is 22.7. The van der Waals surface area contributed by atoms with Gasteiger partial charge < -0.3 is 19.8 Å². The van der Waals surface area contributed by atoms with E-state index in [1.165, 1.54) is 10.4 Å². The molecule has 2 heterocycles. The number of fused-ring (bicyclic) bond motifs is 1. The summed E-state index contributed by atoms with van der Waals surface area (Å²) in [5.41, 5.74) is 0.347. The van der Waals surface area contributed by atoms with Crippen molar-refractivity contribution in [1.29, 1.82) is 0 Å². The number of carbonyl (C=O) groups excluding carboxylic acids is 1. The molecule has 1 aromatic carbocycles. The van der Waals surface area contributed by atoms with Gasteiger partial charge in [0.05, 0.1) is 19.6 Å². The number of likely N-dealkylation sites (N-methyl/N-ethyl adjacent to an activating group) is 1. The van der Waals surface area contributed by atoms with E-state index in [2.05, 4.69) is 16.8 Å². The molecular weight excluding hydrogens is 518 g/mol. The fourth-order valence-electron chi connectivity index (χ4n) is 4.98. The van der Waals surface area contributed by atoms with Crippen LogP contribution in [0.2, 0.25) is 0 Å². The average Bonchev–Trinajstić information content (AvgIpc) is 3.36. The first-order valence-electron chi connectivity index (χ1n) is 13.3. The highest BCUT2D eigenvalue weighted by Crippen LogP contribution is 2.34. The van der Waals surface area contributed by atoms with E-state index in [0.29, 0.717) is 18.4 Å². The molecule has 9 nitrogen and oxygen atoms in total. The maximum absolute atomic E-state index is 13.7. The predicted molar refractivity (Wildman–Crippen MR) is 146 cm³/mol. The molecule has 3 atom stereocenters. The fourth-order valence-corrected chi connectivity index (χ4v) is 6.80. The number of rotatable bonds is 6. The van der Waals surface area contributed by atoms with Crippen molar-refractivity contribution in [1.82, 2.24) is 14.2 Å². The van der Waals surface area contributed by atoms with Gasteiger partial charge in [0.25, 0.3) is 0 Å². The van der Waals surface area contributed by atoms with Gasteiger partial charge in [0.1, 0.15) is 22.4 Å². The summed E-state index contributed by atoms with van der Waals surface area (Å²) in [5.74, 6) is 5.70. The summed E-state index contributed by atoms with van der Waals surface area (Å²) in [4.78, 5) is 18.5. The molecule has 1 fully saturated rings. The van der Waals surface area contributed by atoms with E-state index >= 15 is 0 Å². The molecule has 0 unspecified atom stereocenters. The number of hydrogen-bond donors (Lipinski definition) is 2. The Bertz CT molecular complexity index is 1330. The van der Waals surface area contributed by atoms with Crippen molar-refractivity contribution >= 4 is 15.9 Å². The highest BCUT2D eigenvalue weighted by atomic mass is 32.2. The first-order chi connectivity index (χ1) is 18.5. The maximum Gasteiger partial charge on any atom is 0.247 e. The molecule has 1 aliphatic carbocycles. The fraction of sp³-hybridized carbons (Fsp3) is 0.517. The van der Waals surface area contributed by atoms with Crippen LogP contribution in [0.3, 0.4) is 0 Å². The van der Waals surface area contributed by atoms with E-state index in [1.54, 1.807) is 55.5 Å². The lowest BCUT2D eigenvalue weighted by atomic mass is 10.0. The zero-order chi connectivity index (χ0) is 28.2. The molecule has 1 aromatic heterocycles. The van der Waals surface area contributed by atoms with Crippen molar-refractivity contribution in [2.24, 2.45) is 5.92 Å². The molecule has 2 aliphatic rings. The minimum absolute atomic E-state index is 0.0180. The number of aromatic nitrogens is 1. The minimum Gasteiger partial charge on any atom is -0.487 e. The summed E-state index contributed by atoms with van der Waals surface area (Å²) in [5, 5.41) is 20.5. The van der Waals surface area contributed by atoms with E-state index in [1.807, 2.05) is 6.92 Å². The van der Waals surface area contributed by atoms with Crippen molar-refractivity contribution in [2.45, 2.75) is 68.6 Å². The SMILES string of the molecule is C[C@@H]1CN([C@@H](C)CO)S(=O)(=O)c2ccc(C#CC3(O)CCCC3)cc2O[C@H]1CN(C)C(=O)Cc1ccncc1. The molecule has 0 bridgehead atoms. The molecule has 2 aromatic rings. The Balaban J connectivity index is 1.66. The Morgan fingerprint density at radius 2 is 1.95 bits per heavy atom. The van der Waals surface area contributed by atoms with Gasteiger partial charge in [-0.05, 0) is 68.5 Å². The monoisotopic (exact) mass is 555 g/mol. The van der Waals surface area contributed by atoms with Gasteiger partial charge in [-0.3, -0.25) is 9.78 Å². The van der Waals surface area contributed by atoms with Crippen LogP contribution in [-0.4, -0.2) is 83.2 Å². The van der Waals surface area contributed by atoms with Crippen LogP contribution in [0, 0.1) is 17.8 Å². The van der Waals surface area contributed by atoms with Gasteiger partial charge in [0, 0.05) is 43.5 Å². The number of pyridine rings is 1. The number of sulfonamides is 1. The molecule has 0 spiro atoms. The van der Waals surface area contributed by atoms with Crippen molar-refractivity contribution in [3.05, 3.63) is 53.9 Å². The number of aliphatic hydroxyl groups is 2. The minimum atomic E-state index is -3.99. The largest absolute Gasteiger partial charge is 0.487 e. The van der Waals surface area contributed by atoms with Gasteiger partial charge in [0.2, 0.25) is 15.9 Å². The Morgan fingerprint density at radius 3 is 2.62 bits per heavy atom. The van der Waals surface area contributed by atoms with E-state index in [-0.39, 0.29) is 48.6 Å². The number of aliphatic hydroxyl groups excluding tert-OH is 1. The number of benzene rings is 1. The van der Waals surface area contributed by atoms with Gasteiger partial charge in [-0.25, -0.2) is 8.42 Å². The molecular formula is C29H37N3O6S. The van der Waals surface area contributed by atoms with Crippen LogP contribution in [0.25, 0.3) is 0 Å². The van der Waals surface area contributed by atoms with Gasteiger partial charge in [-0.2, -0.15) is 4.31 Å². The molecule has 0 saturated heterocycles. The van der Waals surface area contributed by atoms with Gasteiger partial charge in [0.15, 0.2) is 0 Å². The van der Waals surface area contributed by atoms with Crippen molar-refractivity contribution in [3.8, 4) is 17.6 Å². The Labute approximate surface area is 230 Å². The molecule has 2 N–H and O–H groups in total. The summed E-state index contributed by atoms with van der Waals surface area (Å²) in [6.45, 7) is 3.56. The number of hydrogen-bond acceptors (Lipinski definition) is 7. The second kappa shape index (κ2) is 12.0. The molecule has 39 heavy (non-hydrogen) atoms. The quantitative estimate of drug-likeness (QED) is 0.525. The second-order valence-corrected chi connectivity index (χ2v) is 12.6. The molecule has 1 saturated carbocycles. The van der Waals surface area contributed by atoms with Crippen molar-refractivity contribution in [2.75, 3.05) is 26.7 Å². The number of ether oxygens (including phenoxy) is 1. The lowest BCUT2D eigenvalue weighted by Crippen LogP contribution is -2.50. The third kappa shape index (κ3) is 6.79. The lowest BCUT2D eigenvalue weighted by molar-refractivity contribution is -0.130. The first kappa shape index (κ1) is 29.0. The standard InChI is InChI=1S/C29H37N3O6S/c1-21-18-32(22(2)20-33)39(36,37)27-7-6-23(8-13-29(35)11-4-5-12-29)16-25(27)38-26(21)19-31(3)28(34)17-24-9-14-30-15-10-24/h6-7,9-10,14-16,21-22,26,33,35H,4-5,11-12,17-20H2,1-3H3/t21-,22+,26+/m1/s1. The highest BCUT2D eigenvalue weighted by Gasteiger charge is 2.38. The average molecular weight is 556 g/mol. The normalized spacial score (nSPS) is 22.8. The smallest absolute Gasteiger partial charge is 0.247 e. The number of amides is 1. The number of nitrogens with zero attached hydrogens (tertiary/aromatic N) is 3. The molecule has 1 amide bonds.